The largest absolute Gasteiger partial charge is 0.472 e. The molecule has 1 fully saturated rings. The van der Waals surface area contributed by atoms with Gasteiger partial charge in [0.2, 0.25) is 0 Å². The summed E-state index contributed by atoms with van der Waals surface area (Å²) in [4.78, 5) is 2.44. The number of nitrogens with zero attached hydrogens (tertiary/aromatic N) is 1. The average Bonchev–Trinajstić information content (AvgIpc) is 2.83. The van der Waals surface area contributed by atoms with Crippen molar-refractivity contribution in [2.75, 3.05) is 26.7 Å². The maximum atomic E-state index is 5.14. The zero-order valence-corrected chi connectivity index (χ0v) is 11.7. The summed E-state index contributed by atoms with van der Waals surface area (Å²) in [6, 6.07) is 2.06. The van der Waals surface area contributed by atoms with Gasteiger partial charge in [-0.05, 0) is 44.3 Å². The molecule has 3 heteroatoms. The summed E-state index contributed by atoms with van der Waals surface area (Å²) in [6.07, 6.45) is 8.90. The van der Waals surface area contributed by atoms with Gasteiger partial charge in [-0.15, -0.1) is 0 Å². The highest BCUT2D eigenvalue weighted by atomic mass is 16.3. The molecule has 1 unspecified atom stereocenters. The minimum absolute atomic E-state index is 0.478. The molecule has 1 aliphatic heterocycles. The first-order valence-electron chi connectivity index (χ1n) is 7.14. The smallest absolute Gasteiger partial charge is 0.0947 e. The van der Waals surface area contributed by atoms with E-state index in [1.165, 1.54) is 50.9 Å². The summed E-state index contributed by atoms with van der Waals surface area (Å²) in [6.45, 7) is 6.83. The predicted molar refractivity (Wildman–Crippen MR) is 74.5 cm³/mol. The van der Waals surface area contributed by atoms with E-state index in [4.69, 9.17) is 4.42 Å². The van der Waals surface area contributed by atoms with Gasteiger partial charge in [0, 0.05) is 25.2 Å². The second kappa shape index (κ2) is 6.39. The van der Waals surface area contributed by atoms with Gasteiger partial charge in [-0.3, -0.25) is 0 Å². The lowest BCUT2D eigenvalue weighted by molar-refractivity contribution is 0.118. The first-order chi connectivity index (χ1) is 8.74. The normalized spacial score (nSPS) is 24.6. The highest BCUT2D eigenvalue weighted by Gasteiger charge is 2.32. The van der Waals surface area contributed by atoms with Crippen LogP contribution in [0.4, 0.5) is 0 Å². The van der Waals surface area contributed by atoms with E-state index in [1.54, 1.807) is 6.26 Å². The minimum atomic E-state index is 0.478. The molecule has 1 saturated heterocycles. The summed E-state index contributed by atoms with van der Waals surface area (Å²) in [5, 5.41) is 3.58. The Hall–Kier alpha value is -0.800. The summed E-state index contributed by atoms with van der Waals surface area (Å²) in [7, 11) is 2.22. The fourth-order valence-electron chi connectivity index (χ4n) is 3.31. The van der Waals surface area contributed by atoms with Crippen molar-refractivity contribution in [3.05, 3.63) is 24.2 Å². The molecule has 0 amide bonds. The van der Waals surface area contributed by atoms with E-state index in [2.05, 4.69) is 30.3 Å². The van der Waals surface area contributed by atoms with Gasteiger partial charge in [-0.1, -0.05) is 13.3 Å². The van der Waals surface area contributed by atoms with Crippen molar-refractivity contribution >= 4 is 0 Å². The van der Waals surface area contributed by atoms with Crippen molar-refractivity contribution in [2.24, 2.45) is 5.41 Å². The molecule has 0 aromatic carbocycles. The third-order valence-corrected chi connectivity index (χ3v) is 3.98. The molecule has 1 aromatic heterocycles. The third-order valence-electron chi connectivity index (χ3n) is 3.98. The highest BCUT2D eigenvalue weighted by molar-refractivity contribution is 5.05. The summed E-state index contributed by atoms with van der Waals surface area (Å²) < 4.78 is 5.14. The zero-order chi connectivity index (χ0) is 12.8. The quantitative estimate of drug-likeness (QED) is 0.841. The molecule has 1 aromatic rings. The standard InChI is InChI=1S/C15H26N2O/c1-3-6-15(7-4-8-16-12-15)13-17(2)10-14-5-9-18-11-14/h5,9,11,16H,3-4,6-8,10,12-13H2,1-2H3. The van der Waals surface area contributed by atoms with E-state index < -0.39 is 0 Å². The van der Waals surface area contributed by atoms with Crippen LogP contribution in [-0.4, -0.2) is 31.6 Å². The third kappa shape index (κ3) is 3.59. The molecular weight excluding hydrogens is 224 g/mol. The van der Waals surface area contributed by atoms with E-state index in [0.29, 0.717) is 5.41 Å². The van der Waals surface area contributed by atoms with Crippen molar-refractivity contribution in [3.63, 3.8) is 0 Å². The van der Waals surface area contributed by atoms with Crippen LogP contribution in [0.1, 0.15) is 38.2 Å². The van der Waals surface area contributed by atoms with Crippen LogP contribution in [0.15, 0.2) is 23.0 Å². The van der Waals surface area contributed by atoms with Crippen molar-refractivity contribution in [2.45, 2.75) is 39.2 Å². The summed E-state index contributed by atoms with van der Waals surface area (Å²) in [5.74, 6) is 0. The molecule has 2 rings (SSSR count). The zero-order valence-electron chi connectivity index (χ0n) is 11.7. The van der Waals surface area contributed by atoms with Crippen molar-refractivity contribution < 1.29 is 4.42 Å². The number of piperidine rings is 1. The van der Waals surface area contributed by atoms with Crippen LogP contribution >= 0.6 is 0 Å². The van der Waals surface area contributed by atoms with Gasteiger partial charge in [0.05, 0.1) is 12.5 Å². The number of hydrogen-bond acceptors (Lipinski definition) is 3. The first-order valence-corrected chi connectivity index (χ1v) is 7.14. The van der Waals surface area contributed by atoms with Gasteiger partial charge in [0.1, 0.15) is 0 Å². The molecular formula is C15H26N2O. The lowest BCUT2D eigenvalue weighted by Gasteiger charge is -2.40. The molecule has 102 valence electrons. The fraction of sp³-hybridized carbons (Fsp3) is 0.733. The van der Waals surface area contributed by atoms with Crippen LogP contribution in [-0.2, 0) is 6.54 Å². The Balaban J connectivity index is 1.91. The Morgan fingerprint density at radius 2 is 2.39 bits per heavy atom. The SMILES string of the molecule is CCCC1(CN(C)Cc2ccoc2)CCCNC1. The molecule has 1 aliphatic rings. The van der Waals surface area contributed by atoms with E-state index >= 15 is 0 Å². The van der Waals surface area contributed by atoms with Crippen LogP contribution in [0.2, 0.25) is 0 Å². The van der Waals surface area contributed by atoms with Crippen LogP contribution in [0, 0.1) is 5.41 Å². The second-order valence-corrected chi connectivity index (χ2v) is 5.83. The molecule has 1 N–H and O–H groups in total. The van der Waals surface area contributed by atoms with E-state index in [-0.39, 0.29) is 0 Å². The topological polar surface area (TPSA) is 28.4 Å². The van der Waals surface area contributed by atoms with E-state index in [0.717, 1.165) is 6.54 Å². The summed E-state index contributed by atoms with van der Waals surface area (Å²) >= 11 is 0. The molecule has 0 bridgehead atoms. The second-order valence-electron chi connectivity index (χ2n) is 5.83. The molecule has 0 aliphatic carbocycles. The molecule has 1 atom stereocenters. The molecule has 3 nitrogen and oxygen atoms in total. The van der Waals surface area contributed by atoms with Crippen LogP contribution in [0.25, 0.3) is 0 Å². The Labute approximate surface area is 111 Å². The minimum Gasteiger partial charge on any atom is -0.472 e. The number of hydrogen-bond donors (Lipinski definition) is 1. The Kier molecular flexibility index (Phi) is 4.84. The lowest BCUT2D eigenvalue weighted by Crippen LogP contribution is -2.46. The van der Waals surface area contributed by atoms with E-state index in [1.807, 2.05) is 6.26 Å². The van der Waals surface area contributed by atoms with Gasteiger partial charge >= 0.3 is 0 Å². The van der Waals surface area contributed by atoms with Gasteiger partial charge in [0.25, 0.3) is 0 Å². The van der Waals surface area contributed by atoms with Crippen LogP contribution < -0.4 is 5.32 Å². The number of rotatable bonds is 6. The number of furan rings is 1. The average molecular weight is 250 g/mol. The number of nitrogens with one attached hydrogen (secondary N) is 1. The monoisotopic (exact) mass is 250 g/mol. The maximum Gasteiger partial charge on any atom is 0.0947 e. The van der Waals surface area contributed by atoms with Crippen molar-refractivity contribution in [3.8, 4) is 0 Å². The Morgan fingerprint density at radius 1 is 1.50 bits per heavy atom. The van der Waals surface area contributed by atoms with Gasteiger partial charge < -0.3 is 14.6 Å². The maximum absolute atomic E-state index is 5.14. The van der Waals surface area contributed by atoms with Gasteiger partial charge in [0.15, 0.2) is 0 Å². The molecule has 0 spiro atoms. The highest BCUT2D eigenvalue weighted by Crippen LogP contribution is 2.32. The summed E-state index contributed by atoms with van der Waals surface area (Å²) in [5.41, 5.74) is 1.75. The van der Waals surface area contributed by atoms with Crippen molar-refractivity contribution in [1.29, 1.82) is 0 Å². The van der Waals surface area contributed by atoms with Gasteiger partial charge in [-0.25, -0.2) is 0 Å². The molecule has 2 heterocycles. The fourth-order valence-corrected chi connectivity index (χ4v) is 3.31. The molecule has 0 saturated carbocycles. The van der Waals surface area contributed by atoms with Crippen LogP contribution in [0.3, 0.4) is 0 Å². The first kappa shape index (κ1) is 13.6. The molecule has 18 heavy (non-hydrogen) atoms. The van der Waals surface area contributed by atoms with Crippen molar-refractivity contribution in [1.82, 2.24) is 10.2 Å². The Morgan fingerprint density at radius 3 is 3.00 bits per heavy atom. The Bertz CT molecular complexity index is 323. The molecule has 0 radical (unpaired) electrons. The van der Waals surface area contributed by atoms with Gasteiger partial charge in [-0.2, -0.15) is 0 Å². The lowest BCUT2D eigenvalue weighted by atomic mass is 9.76. The predicted octanol–water partition coefficient (Wildman–Crippen LogP) is 2.88. The van der Waals surface area contributed by atoms with Crippen LogP contribution in [0.5, 0.6) is 0 Å². The van der Waals surface area contributed by atoms with E-state index in [9.17, 15) is 0 Å².